The monoisotopic (exact) mass is 366 g/mol. The van der Waals surface area contributed by atoms with Crippen LogP contribution in [0.3, 0.4) is 0 Å². The molecule has 0 saturated carbocycles. The molecule has 1 fully saturated rings. The van der Waals surface area contributed by atoms with Gasteiger partial charge in [0.1, 0.15) is 0 Å². The highest BCUT2D eigenvalue weighted by Crippen LogP contribution is 2.41. The molecule has 1 aliphatic heterocycles. The van der Waals surface area contributed by atoms with Gasteiger partial charge in [0, 0.05) is 12.1 Å². The molecule has 136 valence electrons. The molecule has 1 aromatic rings. The Kier molecular flexibility index (Phi) is 4.74. The number of nitriles is 1. The quantitative estimate of drug-likeness (QED) is 0.817. The number of amides is 1. The summed E-state index contributed by atoms with van der Waals surface area (Å²) in [4.78, 5) is 12.5. The van der Waals surface area contributed by atoms with E-state index in [1.165, 1.54) is 6.07 Å². The molecule has 10 heteroatoms. The van der Waals surface area contributed by atoms with Crippen molar-refractivity contribution in [2.45, 2.75) is 44.3 Å². The van der Waals surface area contributed by atoms with Gasteiger partial charge in [0.25, 0.3) is 0 Å². The largest absolute Gasteiger partial charge is 0.418 e. The molecule has 1 aliphatic rings. The van der Waals surface area contributed by atoms with Crippen LogP contribution in [0.15, 0.2) is 12.1 Å². The Labute approximate surface area is 138 Å². The number of anilines is 1. The molecule has 1 aromatic carbocycles. The van der Waals surface area contributed by atoms with E-state index in [9.17, 15) is 36.2 Å². The van der Waals surface area contributed by atoms with Crippen LogP contribution in [0.25, 0.3) is 0 Å². The Morgan fingerprint density at radius 3 is 2.36 bits per heavy atom. The number of carbonyl (C=O) groups excluding carboxylic acids is 1. The van der Waals surface area contributed by atoms with Crippen molar-refractivity contribution < 1.29 is 36.2 Å². The molecular weight excluding hydrogens is 354 g/mol. The third-order valence-electron chi connectivity index (χ3n) is 4.05. The highest BCUT2D eigenvalue weighted by molar-refractivity contribution is 5.97. The van der Waals surface area contributed by atoms with E-state index in [-0.39, 0.29) is 12.8 Å². The number of carbonyl (C=O) groups is 1. The van der Waals surface area contributed by atoms with Crippen LogP contribution >= 0.6 is 0 Å². The number of alkyl halides is 6. The normalized spacial score (nSPS) is 19.9. The number of hydrogen-bond acceptors (Lipinski definition) is 3. The smallest absolute Gasteiger partial charge is 0.382 e. The first kappa shape index (κ1) is 19.1. The second-order valence-electron chi connectivity index (χ2n) is 5.60. The Hall–Kier alpha value is -2.28. The molecule has 1 amide bonds. The molecule has 0 unspecified atom stereocenters. The zero-order valence-electron chi connectivity index (χ0n) is 12.7. The molecule has 1 saturated heterocycles. The summed E-state index contributed by atoms with van der Waals surface area (Å²) >= 11 is 0. The predicted molar refractivity (Wildman–Crippen MR) is 73.5 cm³/mol. The first-order chi connectivity index (χ1) is 11.4. The molecule has 1 heterocycles. The van der Waals surface area contributed by atoms with E-state index < -0.39 is 52.8 Å². The third kappa shape index (κ3) is 3.42. The van der Waals surface area contributed by atoms with Crippen molar-refractivity contribution in [1.82, 2.24) is 0 Å². The molecule has 25 heavy (non-hydrogen) atoms. The number of benzene rings is 1. The van der Waals surface area contributed by atoms with Crippen molar-refractivity contribution in [3.63, 3.8) is 0 Å². The van der Waals surface area contributed by atoms with Crippen molar-refractivity contribution in [2.75, 3.05) is 4.90 Å². The average molecular weight is 366 g/mol. The van der Waals surface area contributed by atoms with Gasteiger partial charge in [-0.25, -0.2) is 0 Å². The van der Waals surface area contributed by atoms with Gasteiger partial charge in [-0.05, 0) is 31.0 Å². The number of hydrogen-bond donors (Lipinski definition) is 1. The first-order valence-electron chi connectivity index (χ1n) is 7.07. The summed E-state index contributed by atoms with van der Waals surface area (Å²) in [7, 11) is 0. The number of rotatable bonds is 2. The van der Waals surface area contributed by atoms with Crippen molar-refractivity contribution in [2.24, 2.45) is 0 Å². The first-order valence-corrected chi connectivity index (χ1v) is 7.07. The standard InChI is InChI=1S/C15H12F6N2O2/c1-7-9(3-2-8(6-22)12(7)14(16,17)18)23-10(4-5-11(23)24)13(25)15(19,20)21/h2-3,10,13,25H,4-5H2,1H3/t10-,13-/m0/s1. The highest BCUT2D eigenvalue weighted by atomic mass is 19.4. The molecule has 0 radical (unpaired) electrons. The fraction of sp³-hybridized carbons (Fsp3) is 0.467. The maximum Gasteiger partial charge on any atom is 0.418 e. The zero-order valence-corrected chi connectivity index (χ0v) is 12.7. The summed E-state index contributed by atoms with van der Waals surface area (Å²) in [5.41, 5.74) is -2.95. The van der Waals surface area contributed by atoms with Crippen LogP contribution in [0, 0.1) is 18.3 Å². The lowest BCUT2D eigenvalue weighted by molar-refractivity contribution is -0.209. The molecule has 0 bridgehead atoms. The van der Waals surface area contributed by atoms with Gasteiger partial charge in [-0.1, -0.05) is 0 Å². The Bertz CT molecular complexity index is 735. The maximum absolute atomic E-state index is 13.2. The second kappa shape index (κ2) is 6.22. The minimum Gasteiger partial charge on any atom is -0.382 e. The van der Waals surface area contributed by atoms with Gasteiger partial charge in [0.15, 0.2) is 6.10 Å². The molecule has 4 nitrogen and oxygen atoms in total. The number of nitrogens with zero attached hydrogens (tertiary/aromatic N) is 2. The van der Waals surface area contributed by atoms with Gasteiger partial charge in [-0.2, -0.15) is 31.6 Å². The lowest BCUT2D eigenvalue weighted by atomic mass is 9.98. The zero-order chi connectivity index (χ0) is 19.2. The number of aliphatic hydroxyl groups is 1. The second-order valence-corrected chi connectivity index (χ2v) is 5.60. The Morgan fingerprint density at radius 2 is 1.88 bits per heavy atom. The van der Waals surface area contributed by atoms with E-state index in [1.807, 2.05) is 0 Å². The van der Waals surface area contributed by atoms with Gasteiger partial charge in [0.2, 0.25) is 5.91 Å². The Balaban J connectivity index is 2.60. The fourth-order valence-electron chi connectivity index (χ4n) is 2.96. The van der Waals surface area contributed by atoms with Gasteiger partial charge in [0.05, 0.1) is 23.2 Å². The van der Waals surface area contributed by atoms with Crippen LogP contribution in [-0.2, 0) is 11.0 Å². The van der Waals surface area contributed by atoms with Crippen LogP contribution < -0.4 is 4.90 Å². The van der Waals surface area contributed by atoms with Crippen LogP contribution in [0.1, 0.15) is 29.5 Å². The maximum atomic E-state index is 13.2. The third-order valence-corrected chi connectivity index (χ3v) is 4.05. The summed E-state index contributed by atoms with van der Waals surface area (Å²) < 4.78 is 78.0. The average Bonchev–Trinajstić information content (AvgIpc) is 2.85. The lowest BCUT2D eigenvalue weighted by Gasteiger charge is -2.31. The van der Waals surface area contributed by atoms with E-state index in [1.54, 1.807) is 0 Å². The SMILES string of the molecule is Cc1c(N2C(=O)CC[C@H]2[C@H](O)C(F)(F)F)ccc(C#N)c1C(F)(F)F. The van der Waals surface area contributed by atoms with Crippen LogP contribution in [0.5, 0.6) is 0 Å². The van der Waals surface area contributed by atoms with Gasteiger partial charge in [-0.15, -0.1) is 0 Å². The summed E-state index contributed by atoms with van der Waals surface area (Å²) in [6.45, 7) is 0.974. The Morgan fingerprint density at radius 1 is 1.28 bits per heavy atom. The molecule has 2 atom stereocenters. The van der Waals surface area contributed by atoms with Crippen LogP contribution in [0.2, 0.25) is 0 Å². The summed E-state index contributed by atoms with van der Waals surface area (Å²) in [6.07, 6.45) is -13.5. The van der Waals surface area contributed by atoms with Gasteiger partial charge >= 0.3 is 12.4 Å². The summed E-state index contributed by atoms with van der Waals surface area (Å²) in [6, 6.07) is 1.44. The van der Waals surface area contributed by atoms with E-state index in [0.717, 1.165) is 19.1 Å². The highest BCUT2D eigenvalue weighted by Gasteiger charge is 2.50. The predicted octanol–water partition coefficient (Wildman–Crippen LogP) is 3.30. The minimum absolute atomic E-state index is 0.335. The van der Waals surface area contributed by atoms with Crippen LogP contribution in [-0.4, -0.2) is 29.3 Å². The number of aliphatic hydroxyl groups excluding tert-OH is 1. The molecular formula is C15H12F6N2O2. The van der Waals surface area contributed by atoms with Crippen molar-refractivity contribution in [3.8, 4) is 6.07 Å². The molecule has 0 spiro atoms. The van der Waals surface area contributed by atoms with Gasteiger partial charge < -0.3 is 10.0 Å². The lowest BCUT2D eigenvalue weighted by Crippen LogP contribution is -2.48. The van der Waals surface area contributed by atoms with Crippen molar-refractivity contribution in [1.29, 1.82) is 5.26 Å². The summed E-state index contributed by atoms with van der Waals surface area (Å²) in [5, 5.41) is 18.3. The van der Waals surface area contributed by atoms with Crippen molar-refractivity contribution in [3.05, 3.63) is 28.8 Å². The van der Waals surface area contributed by atoms with E-state index in [0.29, 0.717) is 4.90 Å². The molecule has 2 rings (SSSR count). The fourth-order valence-corrected chi connectivity index (χ4v) is 2.96. The molecule has 1 N–H and O–H groups in total. The van der Waals surface area contributed by atoms with Gasteiger partial charge in [-0.3, -0.25) is 4.79 Å². The van der Waals surface area contributed by atoms with E-state index in [2.05, 4.69) is 0 Å². The van der Waals surface area contributed by atoms with Crippen molar-refractivity contribution >= 4 is 11.6 Å². The topological polar surface area (TPSA) is 64.3 Å². The minimum atomic E-state index is -5.03. The van der Waals surface area contributed by atoms with E-state index in [4.69, 9.17) is 5.26 Å². The summed E-state index contributed by atoms with van der Waals surface area (Å²) in [5.74, 6) is -0.825. The van der Waals surface area contributed by atoms with Crippen LogP contribution in [0.4, 0.5) is 32.0 Å². The number of halogens is 6. The molecule has 0 aromatic heterocycles. The van der Waals surface area contributed by atoms with E-state index >= 15 is 0 Å². The molecule has 0 aliphatic carbocycles.